The first-order valence-electron chi connectivity index (χ1n) is 11.0. The average Bonchev–Trinajstić information content (AvgIpc) is 3.21. The number of halogens is 1. The van der Waals surface area contributed by atoms with Gasteiger partial charge in [-0.2, -0.15) is 0 Å². The normalized spacial score (nSPS) is 11.5. The molecule has 4 nitrogen and oxygen atoms in total. The van der Waals surface area contributed by atoms with E-state index in [1.807, 2.05) is 36.4 Å². The van der Waals surface area contributed by atoms with Gasteiger partial charge in [0, 0.05) is 11.3 Å². The van der Waals surface area contributed by atoms with E-state index in [1.165, 1.54) is 11.1 Å². The minimum Gasteiger partial charge on any atom is -0.491 e. The molecule has 4 aromatic rings. The lowest BCUT2D eigenvalue weighted by Gasteiger charge is -2.19. The van der Waals surface area contributed by atoms with Crippen LogP contribution in [0.15, 0.2) is 78.0 Å². The van der Waals surface area contributed by atoms with Crippen molar-refractivity contribution in [3.05, 3.63) is 88.9 Å². The Balaban J connectivity index is 1.61. The van der Waals surface area contributed by atoms with Crippen LogP contribution >= 0.6 is 23.4 Å². The Morgan fingerprint density at radius 1 is 0.909 bits per heavy atom. The first-order valence-corrected chi connectivity index (χ1v) is 12.3. The summed E-state index contributed by atoms with van der Waals surface area (Å²) in [5.41, 5.74) is 4.67. The number of rotatable bonds is 7. The Hall–Kier alpha value is -2.76. The molecule has 33 heavy (non-hydrogen) atoms. The number of aromatic nitrogens is 3. The highest BCUT2D eigenvalue weighted by Gasteiger charge is 2.19. The monoisotopic (exact) mass is 477 g/mol. The molecule has 0 saturated carbocycles. The summed E-state index contributed by atoms with van der Waals surface area (Å²) >= 11 is 7.81. The molecule has 170 valence electrons. The highest BCUT2D eigenvalue weighted by molar-refractivity contribution is 7.99. The molecule has 4 rings (SSSR count). The van der Waals surface area contributed by atoms with Crippen molar-refractivity contribution in [2.24, 2.45) is 0 Å². The van der Waals surface area contributed by atoms with Crippen molar-refractivity contribution in [1.29, 1.82) is 0 Å². The van der Waals surface area contributed by atoms with Gasteiger partial charge in [-0.15, -0.1) is 10.2 Å². The minimum absolute atomic E-state index is 0.102. The lowest BCUT2D eigenvalue weighted by molar-refractivity contribution is 0.344. The van der Waals surface area contributed by atoms with Crippen LogP contribution in [-0.2, 0) is 5.41 Å². The molecule has 0 aliphatic heterocycles. The van der Waals surface area contributed by atoms with Crippen LogP contribution in [0, 0.1) is 6.92 Å². The van der Waals surface area contributed by atoms with Gasteiger partial charge in [0.05, 0.1) is 17.3 Å². The molecule has 0 spiro atoms. The Labute approximate surface area is 205 Å². The van der Waals surface area contributed by atoms with Crippen LogP contribution in [0.3, 0.4) is 0 Å². The number of para-hydroxylation sites is 2. The summed E-state index contributed by atoms with van der Waals surface area (Å²) in [5.74, 6) is 2.25. The number of thioether (sulfide) groups is 1. The second kappa shape index (κ2) is 10.0. The Morgan fingerprint density at radius 2 is 1.61 bits per heavy atom. The Kier molecular flexibility index (Phi) is 7.11. The zero-order valence-corrected chi connectivity index (χ0v) is 21.0. The highest BCUT2D eigenvalue weighted by Crippen LogP contribution is 2.31. The zero-order valence-electron chi connectivity index (χ0n) is 19.4. The number of hydrogen-bond acceptors (Lipinski definition) is 4. The molecule has 1 aromatic heterocycles. The van der Waals surface area contributed by atoms with Gasteiger partial charge in [0.25, 0.3) is 0 Å². The third-order valence-corrected chi connectivity index (χ3v) is 6.61. The first kappa shape index (κ1) is 23.4. The maximum atomic E-state index is 6.19. The van der Waals surface area contributed by atoms with E-state index in [0.717, 1.165) is 28.0 Å². The molecule has 0 aliphatic carbocycles. The van der Waals surface area contributed by atoms with E-state index < -0.39 is 0 Å². The van der Waals surface area contributed by atoms with Crippen LogP contribution in [0.2, 0.25) is 5.02 Å². The topological polar surface area (TPSA) is 39.9 Å². The molecule has 6 heteroatoms. The van der Waals surface area contributed by atoms with Crippen molar-refractivity contribution < 1.29 is 4.74 Å². The fourth-order valence-corrected chi connectivity index (χ4v) is 4.50. The summed E-state index contributed by atoms with van der Waals surface area (Å²) in [6.07, 6.45) is 0. The maximum Gasteiger partial charge on any atom is 0.196 e. The quantitative estimate of drug-likeness (QED) is 0.206. The summed E-state index contributed by atoms with van der Waals surface area (Å²) in [4.78, 5) is 0. The van der Waals surface area contributed by atoms with Gasteiger partial charge in [-0.25, -0.2) is 0 Å². The van der Waals surface area contributed by atoms with Crippen LogP contribution in [0.1, 0.15) is 31.9 Å². The molecule has 3 aromatic carbocycles. The van der Waals surface area contributed by atoms with Crippen LogP contribution in [0.25, 0.3) is 17.1 Å². The van der Waals surface area contributed by atoms with Crippen molar-refractivity contribution >= 4 is 23.4 Å². The zero-order chi connectivity index (χ0) is 23.4. The third-order valence-electron chi connectivity index (χ3n) is 5.41. The molecule has 0 fully saturated rings. The van der Waals surface area contributed by atoms with Crippen LogP contribution in [0.4, 0.5) is 0 Å². The van der Waals surface area contributed by atoms with Gasteiger partial charge in [0.1, 0.15) is 5.75 Å². The fraction of sp³-hybridized carbons (Fsp3) is 0.259. The van der Waals surface area contributed by atoms with Crippen molar-refractivity contribution in [2.75, 3.05) is 12.4 Å². The smallest absolute Gasteiger partial charge is 0.196 e. The van der Waals surface area contributed by atoms with Crippen molar-refractivity contribution in [3.63, 3.8) is 0 Å². The Morgan fingerprint density at radius 3 is 2.30 bits per heavy atom. The largest absolute Gasteiger partial charge is 0.491 e. The van der Waals surface area contributed by atoms with E-state index in [1.54, 1.807) is 11.8 Å². The van der Waals surface area contributed by atoms with Gasteiger partial charge in [0.15, 0.2) is 11.0 Å². The molecule has 1 heterocycles. The molecule has 0 N–H and O–H groups in total. The number of nitrogens with zero attached hydrogens (tertiary/aromatic N) is 3. The van der Waals surface area contributed by atoms with Gasteiger partial charge in [-0.05, 0) is 41.7 Å². The number of benzene rings is 3. The predicted octanol–water partition coefficient (Wildman–Crippen LogP) is 7.36. The van der Waals surface area contributed by atoms with Gasteiger partial charge in [0.2, 0.25) is 0 Å². The average molecular weight is 478 g/mol. The standard InChI is InChI=1S/C27H28ClN3OS/c1-19-9-5-7-11-23(19)31-25(20-13-15-21(16-14-20)27(2,3)4)29-30-26(31)33-18-17-32-24-12-8-6-10-22(24)28/h5-16H,17-18H2,1-4H3. The second-order valence-corrected chi connectivity index (χ2v) is 10.4. The number of hydrogen-bond donors (Lipinski definition) is 0. The predicted molar refractivity (Wildman–Crippen MR) is 138 cm³/mol. The van der Waals surface area contributed by atoms with Crippen molar-refractivity contribution in [3.8, 4) is 22.8 Å². The molecular weight excluding hydrogens is 450 g/mol. The van der Waals surface area contributed by atoms with Crippen molar-refractivity contribution in [1.82, 2.24) is 14.8 Å². The van der Waals surface area contributed by atoms with E-state index in [4.69, 9.17) is 16.3 Å². The van der Waals surface area contributed by atoms with Gasteiger partial charge < -0.3 is 4.74 Å². The minimum atomic E-state index is 0.102. The van der Waals surface area contributed by atoms with E-state index in [2.05, 4.69) is 78.9 Å². The molecule has 0 amide bonds. The lowest BCUT2D eigenvalue weighted by atomic mass is 9.87. The summed E-state index contributed by atoms with van der Waals surface area (Å²) in [5, 5.41) is 10.6. The molecule has 0 unspecified atom stereocenters. The molecular formula is C27H28ClN3OS. The molecule has 0 bridgehead atoms. The van der Waals surface area contributed by atoms with Gasteiger partial charge in [-0.1, -0.05) is 98.7 Å². The van der Waals surface area contributed by atoms with Crippen molar-refractivity contribution in [2.45, 2.75) is 38.3 Å². The lowest BCUT2D eigenvalue weighted by Crippen LogP contribution is -2.10. The van der Waals surface area contributed by atoms with Gasteiger partial charge >= 0.3 is 0 Å². The molecule has 0 aliphatic rings. The third kappa shape index (κ3) is 5.43. The highest BCUT2D eigenvalue weighted by atomic mass is 35.5. The van der Waals surface area contributed by atoms with Crippen LogP contribution < -0.4 is 4.74 Å². The summed E-state index contributed by atoms with van der Waals surface area (Å²) < 4.78 is 7.99. The summed E-state index contributed by atoms with van der Waals surface area (Å²) in [6, 6.07) is 24.4. The van der Waals surface area contributed by atoms with Gasteiger partial charge in [-0.3, -0.25) is 4.57 Å². The maximum absolute atomic E-state index is 6.19. The van der Waals surface area contributed by atoms with E-state index in [0.29, 0.717) is 17.4 Å². The summed E-state index contributed by atoms with van der Waals surface area (Å²) in [7, 11) is 0. The summed E-state index contributed by atoms with van der Waals surface area (Å²) in [6.45, 7) is 9.28. The molecule has 0 atom stereocenters. The van der Waals surface area contributed by atoms with E-state index in [-0.39, 0.29) is 5.41 Å². The number of aryl methyl sites for hydroxylation is 1. The fourth-order valence-electron chi connectivity index (χ4n) is 3.55. The SMILES string of the molecule is Cc1ccccc1-n1c(SCCOc2ccccc2Cl)nnc1-c1ccc(C(C)(C)C)cc1. The molecule has 0 radical (unpaired) electrons. The van der Waals surface area contributed by atoms with Crippen LogP contribution in [0.5, 0.6) is 5.75 Å². The number of ether oxygens (including phenoxy) is 1. The van der Waals surface area contributed by atoms with Crippen LogP contribution in [-0.4, -0.2) is 27.1 Å². The first-order chi connectivity index (χ1) is 15.8. The van der Waals surface area contributed by atoms with E-state index >= 15 is 0 Å². The van der Waals surface area contributed by atoms with E-state index in [9.17, 15) is 0 Å². The molecule has 0 saturated heterocycles. The Bertz CT molecular complexity index is 1230. The second-order valence-electron chi connectivity index (χ2n) is 8.88.